The Morgan fingerprint density at radius 2 is 1.70 bits per heavy atom. The van der Waals surface area contributed by atoms with Crippen LogP contribution in [0, 0.1) is 0 Å². The molecule has 0 radical (unpaired) electrons. The van der Waals surface area contributed by atoms with Gasteiger partial charge in [0.1, 0.15) is 6.20 Å². The summed E-state index contributed by atoms with van der Waals surface area (Å²) in [6, 6.07) is 19.4. The standard InChI is InChI=1S/C20H14N4O3/c25-20(26)18-13-24(23-22-18)27-19-6-2-1-5-17(19)15-9-7-14(8-10-15)16-4-3-11-21-12-16/h1-13H,(H,25,26). The van der Waals surface area contributed by atoms with Gasteiger partial charge in [-0.15, -0.1) is 5.10 Å². The summed E-state index contributed by atoms with van der Waals surface area (Å²) in [7, 11) is 0. The van der Waals surface area contributed by atoms with Gasteiger partial charge in [-0.05, 0) is 34.0 Å². The van der Waals surface area contributed by atoms with Crippen molar-refractivity contribution in [2.24, 2.45) is 0 Å². The first-order chi connectivity index (χ1) is 13.2. The van der Waals surface area contributed by atoms with Crippen LogP contribution in [0.3, 0.4) is 0 Å². The molecule has 4 aromatic rings. The summed E-state index contributed by atoms with van der Waals surface area (Å²) in [5.74, 6) is -0.627. The zero-order chi connectivity index (χ0) is 18.6. The van der Waals surface area contributed by atoms with Gasteiger partial charge in [0, 0.05) is 18.0 Å². The Kier molecular flexibility index (Phi) is 4.32. The smallest absolute Gasteiger partial charge is 0.358 e. The Bertz CT molecular complexity index is 1080. The second-order valence-corrected chi connectivity index (χ2v) is 5.72. The summed E-state index contributed by atoms with van der Waals surface area (Å²) in [5.41, 5.74) is 3.72. The molecule has 7 heteroatoms. The molecule has 4 rings (SSSR count). The highest BCUT2D eigenvalue weighted by atomic mass is 16.7. The first kappa shape index (κ1) is 16.5. The van der Waals surface area contributed by atoms with Crippen LogP contribution in [-0.4, -0.2) is 31.2 Å². The SMILES string of the molecule is O=C(O)c1cn(Oc2ccccc2-c2ccc(-c3cccnc3)cc2)nn1. The van der Waals surface area contributed by atoms with Crippen LogP contribution in [0.25, 0.3) is 22.3 Å². The third kappa shape index (κ3) is 3.52. The van der Waals surface area contributed by atoms with Crippen LogP contribution >= 0.6 is 0 Å². The molecule has 2 aromatic carbocycles. The molecule has 27 heavy (non-hydrogen) atoms. The molecule has 0 saturated heterocycles. The lowest BCUT2D eigenvalue weighted by Crippen LogP contribution is -2.06. The molecular weight excluding hydrogens is 344 g/mol. The lowest BCUT2D eigenvalue weighted by molar-refractivity contribution is 0.0690. The minimum atomic E-state index is -1.16. The number of benzene rings is 2. The lowest BCUT2D eigenvalue weighted by Gasteiger charge is -2.10. The first-order valence-corrected chi connectivity index (χ1v) is 8.14. The summed E-state index contributed by atoms with van der Waals surface area (Å²) in [5, 5.41) is 16.2. The van der Waals surface area contributed by atoms with E-state index >= 15 is 0 Å². The fraction of sp³-hybridized carbons (Fsp3) is 0. The number of para-hydroxylation sites is 1. The Morgan fingerprint density at radius 1 is 0.926 bits per heavy atom. The largest absolute Gasteiger partial charge is 0.476 e. The van der Waals surface area contributed by atoms with E-state index < -0.39 is 5.97 Å². The molecule has 0 bridgehead atoms. The number of rotatable bonds is 5. The number of nitrogens with zero attached hydrogens (tertiary/aromatic N) is 4. The van der Waals surface area contributed by atoms with Crippen LogP contribution in [0.5, 0.6) is 5.75 Å². The maximum absolute atomic E-state index is 10.9. The number of pyridine rings is 1. The van der Waals surface area contributed by atoms with Crippen LogP contribution in [0.4, 0.5) is 0 Å². The Labute approximate surface area is 154 Å². The van der Waals surface area contributed by atoms with Gasteiger partial charge in [-0.3, -0.25) is 4.98 Å². The number of hydrogen-bond acceptors (Lipinski definition) is 5. The van der Waals surface area contributed by atoms with E-state index in [9.17, 15) is 4.79 Å². The minimum Gasteiger partial charge on any atom is -0.476 e. The molecule has 0 saturated carbocycles. The van der Waals surface area contributed by atoms with E-state index in [1.807, 2.05) is 60.8 Å². The topological polar surface area (TPSA) is 90.1 Å². The molecule has 0 atom stereocenters. The van der Waals surface area contributed by atoms with Crippen LogP contribution in [0.1, 0.15) is 10.5 Å². The van der Waals surface area contributed by atoms with Crippen molar-refractivity contribution in [1.29, 1.82) is 0 Å². The second kappa shape index (κ2) is 7.09. The van der Waals surface area contributed by atoms with Crippen LogP contribution in [-0.2, 0) is 0 Å². The fourth-order valence-corrected chi connectivity index (χ4v) is 2.65. The average molecular weight is 358 g/mol. The minimum absolute atomic E-state index is 0.187. The summed E-state index contributed by atoms with van der Waals surface area (Å²) < 4.78 is 0. The van der Waals surface area contributed by atoms with Crippen molar-refractivity contribution in [2.75, 3.05) is 0 Å². The third-order valence-electron chi connectivity index (χ3n) is 3.96. The summed E-state index contributed by atoms with van der Waals surface area (Å²) in [4.78, 5) is 21.8. The normalized spacial score (nSPS) is 10.5. The molecule has 1 N–H and O–H groups in total. The molecule has 0 unspecified atom stereocenters. The lowest BCUT2D eigenvalue weighted by atomic mass is 10.0. The Hall–Kier alpha value is -4.00. The van der Waals surface area contributed by atoms with Crippen molar-refractivity contribution in [3.05, 3.63) is 84.9 Å². The van der Waals surface area contributed by atoms with E-state index in [2.05, 4.69) is 15.3 Å². The fourth-order valence-electron chi connectivity index (χ4n) is 2.65. The van der Waals surface area contributed by atoms with Gasteiger partial charge in [-0.1, -0.05) is 53.4 Å². The zero-order valence-electron chi connectivity index (χ0n) is 14.1. The van der Waals surface area contributed by atoms with Crippen molar-refractivity contribution in [1.82, 2.24) is 20.1 Å². The van der Waals surface area contributed by atoms with Crippen molar-refractivity contribution in [2.45, 2.75) is 0 Å². The zero-order valence-corrected chi connectivity index (χ0v) is 14.1. The quantitative estimate of drug-likeness (QED) is 0.587. The van der Waals surface area contributed by atoms with Gasteiger partial charge in [0.15, 0.2) is 11.4 Å². The number of aromatic nitrogens is 4. The van der Waals surface area contributed by atoms with Crippen molar-refractivity contribution in [3.8, 4) is 28.0 Å². The van der Waals surface area contributed by atoms with Gasteiger partial charge < -0.3 is 9.94 Å². The van der Waals surface area contributed by atoms with Gasteiger partial charge in [0.05, 0.1) is 0 Å². The average Bonchev–Trinajstić information content (AvgIpc) is 3.18. The number of carbonyl (C=O) groups is 1. The van der Waals surface area contributed by atoms with E-state index in [1.54, 1.807) is 12.3 Å². The van der Waals surface area contributed by atoms with Gasteiger partial charge in [-0.2, -0.15) is 0 Å². The summed E-state index contributed by atoms with van der Waals surface area (Å²) >= 11 is 0. The number of carboxylic acids is 1. The monoisotopic (exact) mass is 358 g/mol. The Morgan fingerprint density at radius 3 is 2.41 bits per heavy atom. The number of hydrogen-bond donors (Lipinski definition) is 1. The highest BCUT2D eigenvalue weighted by Gasteiger charge is 2.12. The molecule has 0 fully saturated rings. The maximum atomic E-state index is 10.9. The van der Waals surface area contributed by atoms with Gasteiger partial charge in [-0.25, -0.2) is 4.79 Å². The Balaban J connectivity index is 1.63. The first-order valence-electron chi connectivity index (χ1n) is 8.14. The third-order valence-corrected chi connectivity index (χ3v) is 3.96. The molecule has 0 aliphatic heterocycles. The predicted octanol–water partition coefficient (Wildman–Crippen LogP) is 3.55. The van der Waals surface area contributed by atoms with Crippen molar-refractivity contribution >= 4 is 5.97 Å². The van der Waals surface area contributed by atoms with Gasteiger partial charge in [0.25, 0.3) is 0 Å². The highest BCUT2D eigenvalue weighted by molar-refractivity contribution is 5.84. The molecule has 0 aliphatic rings. The van der Waals surface area contributed by atoms with E-state index in [0.717, 1.165) is 27.1 Å². The van der Waals surface area contributed by atoms with Crippen LogP contribution in [0.15, 0.2) is 79.3 Å². The van der Waals surface area contributed by atoms with Gasteiger partial charge >= 0.3 is 5.97 Å². The van der Waals surface area contributed by atoms with E-state index in [-0.39, 0.29) is 5.69 Å². The van der Waals surface area contributed by atoms with E-state index in [0.29, 0.717) is 5.75 Å². The van der Waals surface area contributed by atoms with Crippen molar-refractivity contribution in [3.63, 3.8) is 0 Å². The molecule has 2 heterocycles. The van der Waals surface area contributed by atoms with Crippen LogP contribution in [0.2, 0.25) is 0 Å². The molecule has 0 aliphatic carbocycles. The molecule has 0 spiro atoms. The molecule has 132 valence electrons. The number of carboxylic acid groups (broad SMARTS) is 1. The molecule has 0 amide bonds. The highest BCUT2D eigenvalue weighted by Crippen LogP contribution is 2.31. The predicted molar refractivity (Wildman–Crippen MR) is 98.1 cm³/mol. The molecule has 7 nitrogen and oxygen atoms in total. The van der Waals surface area contributed by atoms with E-state index in [4.69, 9.17) is 9.94 Å². The summed E-state index contributed by atoms with van der Waals surface area (Å²) in [6.07, 6.45) is 4.77. The second-order valence-electron chi connectivity index (χ2n) is 5.72. The maximum Gasteiger partial charge on any atom is 0.358 e. The van der Waals surface area contributed by atoms with Crippen molar-refractivity contribution < 1.29 is 14.7 Å². The molecule has 2 aromatic heterocycles. The van der Waals surface area contributed by atoms with Crippen LogP contribution < -0.4 is 4.84 Å². The number of aromatic carboxylic acids is 1. The molecular formula is C20H14N4O3. The van der Waals surface area contributed by atoms with Gasteiger partial charge in [0.2, 0.25) is 0 Å². The summed E-state index contributed by atoms with van der Waals surface area (Å²) in [6.45, 7) is 0. The van der Waals surface area contributed by atoms with E-state index in [1.165, 1.54) is 6.20 Å².